The molecule has 2 rings (SSSR count). The lowest BCUT2D eigenvalue weighted by atomic mass is 10.1. The Hall–Kier alpha value is -1.36. The van der Waals surface area contributed by atoms with E-state index < -0.39 is 0 Å². The number of hydrogen-bond acceptors (Lipinski definition) is 5. The number of hydrogen-bond donors (Lipinski definition) is 3. The van der Waals surface area contributed by atoms with Crippen molar-refractivity contribution < 1.29 is 0 Å². The zero-order chi connectivity index (χ0) is 14.0. The van der Waals surface area contributed by atoms with Gasteiger partial charge in [-0.2, -0.15) is 0 Å². The van der Waals surface area contributed by atoms with Gasteiger partial charge in [0, 0.05) is 17.5 Å². The summed E-state index contributed by atoms with van der Waals surface area (Å²) in [4.78, 5) is 9.17. The zero-order valence-electron chi connectivity index (χ0n) is 12.3. The highest BCUT2D eigenvalue weighted by Crippen LogP contribution is 2.39. The molecule has 1 unspecified atom stereocenters. The Morgan fingerprint density at radius 2 is 1.84 bits per heavy atom. The van der Waals surface area contributed by atoms with Crippen LogP contribution < -0.4 is 16.6 Å². The van der Waals surface area contributed by atoms with Crippen molar-refractivity contribution in [1.82, 2.24) is 9.97 Å². The Balaban J connectivity index is 2.20. The molecule has 5 heteroatoms. The molecular weight excluding hydrogens is 238 g/mol. The molecule has 1 aromatic heterocycles. The largest absolute Gasteiger partial charge is 0.367 e. The van der Waals surface area contributed by atoms with Crippen LogP contribution in [0.15, 0.2) is 0 Å². The average molecular weight is 263 g/mol. The van der Waals surface area contributed by atoms with E-state index in [1.807, 2.05) is 6.92 Å². The number of anilines is 2. The Bertz CT molecular complexity index is 440. The summed E-state index contributed by atoms with van der Waals surface area (Å²) >= 11 is 0. The Kier molecular flexibility index (Phi) is 4.24. The van der Waals surface area contributed by atoms with Crippen molar-refractivity contribution in [3.05, 3.63) is 11.4 Å². The molecule has 1 fully saturated rings. The molecule has 106 valence electrons. The van der Waals surface area contributed by atoms with Gasteiger partial charge in [-0.15, -0.1) is 0 Å². The van der Waals surface area contributed by atoms with Crippen LogP contribution in [0.3, 0.4) is 0 Å². The van der Waals surface area contributed by atoms with Crippen LogP contribution in [0.1, 0.15) is 57.3 Å². The molecule has 0 radical (unpaired) electrons. The van der Waals surface area contributed by atoms with Crippen LogP contribution >= 0.6 is 0 Å². The van der Waals surface area contributed by atoms with E-state index in [1.54, 1.807) is 0 Å². The highest BCUT2D eigenvalue weighted by molar-refractivity contribution is 5.57. The van der Waals surface area contributed by atoms with Crippen molar-refractivity contribution in [3.8, 4) is 0 Å². The van der Waals surface area contributed by atoms with Crippen LogP contribution in [-0.2, 0) is 0 Å². The van der Waals surface area contributed by atoms with Gasteiger partial charge in [-0.3, -0.25) is 0 Å². The van der Waals surface area contributed by atoms with Gasteiger partial charge in [-0.25, -0.2) is 15.8 Å². The summed E-state index contributed by atoms with van der Waals surface area (Å²) in [5.41, 5.74) is 3.67. The molecule has 4 N–H and O–H groups in total. The maximum atomic E-state index is 5.55. The van der Waals surface area contributed by atoms with Gasteiger partial charge in [-0.1, -0.05) is 13.8 Å². The second-order valence-electron chi connectivity index (χ2n) is 6.00. The van der Waals surface area contributed by atoms with Crippen LogP contribution in [0.4, 0.5) is 11.6 Å². The molecule has 1 heterocycles. The SMILES string of the molecule is Cc1c(NN)nc(C2CC2)nc1NC(C)CC(C)C. The number of hydrazine groups is 1. The van der Waals surface area contributed by atoms with E-state index in [9.17, 15) is 0 Å². The highest BCUT2D eigenvalue weighted by atomic mass is 15.3. The number of rotatable bonds is 6. The first-order chi connectivity index (χ1) is 9.01. The summed E-state index contributed by atoms with van der Waals surface area (Å²) < 4.78 is 0. The lowest BCUT2D eigenvalue weighted by molar-refractivity contribution is 0.538. The van der Waals surface area contributed by atoms with Gasteiger partial charge in [0.25, 0.3) is 0 Å². The lowest BCUT2D eigenvalue weighted by Crippen LogP contribution is -2.21. The standard InChI is InChI=1S/C14H25N5/c1-8(2)7-9(3)16-12-10(4)13(19-15)18-14(17-12)11-5-6-11/h8-9,11H,5-7,15H2,1-4H3,(H2,16,17,18,19). The molecule has 0 amide bonds. The second-order valence-corrected chi connectivity index (χ2v) is 6.00. The fraction of sp³-hybridized carbons (Fsp3) is 0.714. The molecule has 0 saturated heterocycles. The molecule has 19 heavy (non-hydrogen) atoms. The van der Waals surface area contributed by atoms with E-state index in [4.69, 9.17) is 5.84 Å². The summed E-state index contributed by atoms with van der Waals surface area (Å²) in [6.07, 6.45) is 3.50. The molecule has 1 aliphatic carbocycles. The number of aromatic nitrogens is 2. The average Bonchev–Trinajstić information content (AvgIpc) is 3.14. The molecule has 1 saturated carbocycles. The number of nitrogens with two attached hydrogens (primary N) is 1. The molecule has 0 bridgehead atoms. The molecule has 0 spiro atoms. The van der Waals surface area contributed by atoms with Crippen molar-refractivity contribution in [2.24, 2.45) is 11.8 Å². The minimum Gasteiger partial charge on any atom is -0.367 e. The van der Waals surface area contributed by atoms with Crippen molar-refractivity contribution in [3.63, 3.8) is 0 Å². The van der Waals surface area contributed by atoms with Gasteiger partial charge >= 0.3 is 0 Å². The Labute approximate surface area is 115 Å². The number of nitrogens with one attached hydrogen (secondary N) is 2. The Morgan fingerprint density at radius 3 is 2.37 bits per heavy atom. The van der Waals surface area contributed by atoms with E-state index in [-0.39, 0.29) is 0 Å². The van der Waals surface area contributed by atoms with Crippen LogP contribution in [-0.4, -0.2) is 16.0 Å². The summed E-state index contributed by atoms with van der Waals surface area (Å²) in [6.45, 7) is 8.64. The van der Waals surface area contributed by atoms with Gasteiger partial charge in [0.1, 0.15) is 17.5 Å². The quantitative estimate of drug-likeness (QED) is 0.543. The number of nitrogen functional groups attached to an aromatic ring is 1. The van der Waals surface area contributed by atoms with E-state index >= 15 is 0 Å². The lowest BCUT2D eigenvalue weighted by Gasteiger charge is -2.19. The van der Waals surface area contributed by atoms with Gasteiger partial charge in [-0.05, 0) is 39.0 Å². The van der Waals surface area contributed by atoms with Crippen molar-refractivity contribution in [1.29, 1.82) is 0 Å². The van der Waals surface area contributed by atoms with Gasteiger partial charge < -0.3 is 10.7 Å². The van der Waals surface area contributed by atoms with E-state index in [0.29, 0.717) is 17.9 Å². The van der Waals surface area contributed by atoms with Crippen molar-refractivity contribution in [2.75, 3.05) is 10.7 Å². The van der Waals surface area contributed by atoms with Gasteiger partial charge in [0.05, 0.1) is 0 Å². The van der Waals surface area contributed by atoms with Crippen LogP contribution in [0.5, 0.6) is 0 Å². The van der Waals surface area contributed by atoms with Crippen LogP contribution in [0.2, 0.25) is 0 Å². The third kappa shape index (κ3) is 3.56. The first kappa shape index (κ1) is 14.1. The summed E-state index contributed by atoms with van der Waals surface area (Å²) in [5, 5.41) is 3.49. The van der Waals surface area contributed by atoms with Gasteiger partial charge in [0.2, 0.25) is 0 Å². The molecule has 0 aliphatic heterocycles. The predicted molar refractivity (Wildman–Crippen MR) is 79.1 cm³/mol. The summed E-state index contributed by atoms with van der Waals surface area (Å²) in [5.74, 6) is 9.30. The smallest absolute Gasteiger partial charge is 0.148 e. The number of nitrogens with zero attached hydrogens (tertiary/aromatic N) is 2. The normalized spacial score (nSPS) is 16.5. The second kappa shape index (κ2) is 5.74. The zero-order valence-corrected chi connectivity index (χ0v) is 12.3. The Morgan fingerprint density at radius 1 is 1.21 bits per heavy atom. The molecule has 0 aromatic carbocycles. The fourth-order valence-electron chi connectivity index (χ4n) is 2.34. The molecular formula is C14H25N5. The first-order valence-electron chi connectivity index (χ1n) is 7.13. The maximum absolute atomic E-state index is 5.55. The topological polar surface area (TPSA) is 75.9 Å². The van der Waals surface area contributed by atoms with Gasteiger partial charge in [0.15, 0.2) is 0 Å². The van der Waals surface area contributed by atoms with Crippen molar-refractivity contribution >= 4 is 11.6 Å². The van der Waals surface area contributed by atoms with Crippen LogP contribution in [0.25, 0.3) is 0 Å². The molecule has 1 aliphatic rings. The van der Waals surface area contributed by atoms with E-state index in [1.165, 1.54) is 12.8 Å². The molecule has 5 nitrogen and oxygen atoms in total. The maximum Gasteiger partial charge on any atom is 0.148 e. The van der Waals surface area contributed by atoms with E-state index in [0.717, 1.165) is 29.4 Å². The highest BCUT2D eigenvalue weighted by Gasteiger charge is 2.28. The summed E-state index contributed by atoms with van der Waals surface area (Å²) in [6, 6.07) is 0.395. The first-order valence-corrected chi connectivity index (χ1v) is 7.13. The minimum absolute atomic E-state index is 0.395. The third-order valence-corrected chi connectivity index (χ3v) is 3.45. The van der Waals surface area contributed by atoms with Crippen LogP contribution in [0, 0.1) is 12.8 Å². The monoisotopic (exact) mass is 263 g/mol. The predicted octanol–water partition coefficient (Wildman–Crippen LogP) is 2.79. The molecule has 1 atom stereocenters. The molecule has 1 aromatic rings. The van der Waals surface area contributed by atoms with Crippen molar-refractivity contribution in [2.45, 2.75) is 58.9 Å². The fourth-order valence-corrected chi connectivity index (χ4v) is 2.34. The van der Waals surface area contributed by atoms with E-state index in [2.05, 4.69) is 41.5 Å². The third-order valence-electron chi connectivity index (χ3n) is 3.45. The summed E-state index contributed by atoms with van der Waals surface area (Å²) in [7, 11) is 0. The minimum atomic E-state index is 0.395.